The summed E-state index contributed by atoms with van der Waals surface area (Å²) in [6.07, 6.45) is 4.14. The molecular weight excluding hydrogens is 584 g/mol. The van der Waals surface area contributed by atoms with Crippen LogP contribution >= 0.6 is 11.7 Å². The van der Waals surface area contributed by atoms with Gasteiger partial charge in [0.2, 0.25) is 11.8 Å². The second-order valence-electron chi connectivity index (χ2n) is 9.67. The smallest absolute Gasteiger partial charge is 0.342 e. The molecule has 0 fully saturated rings. The Balaban J connectivity index is 0.000000328. The van der Waals surface area contributed by atoms with Crippen LogP contribution in [-0.2, 0) is 21.7 Å². The number of hydrogen-bond acceptors (Lipinski definition) is 12. The van der Waals surface area contributed by atoms with Gasteiger partial charge in [0.05, 0.1) is 38.6 Å². The third-order valence-electron chi connectivity index (χ3n) is 6.98. The van der Waals surface area contributed by atoms with Crippen molar-refractivity contribution < 1.29 is 33.6 Å². The van der Waals surface area contributed by atoms with Gasteiger partial charge in [-0.05, 0) is 66.1 Å². The Morgan fingerprint density at radius 1 is 0.886 bits per heavy atom. The lowest BCUT2D eigenvalue weighted by Gasteiger charge is -2.26. The van der Waals surface area contributed by atoms with Gasteiger partial charge in [0, 0.05) is 47.6 Å². The molecule has 3 aromatic heterocycles. The molecule has 0 amide bonds. The van der Waals surface area contributed by atoms with Crippen molar-refractivity contribution >= 4 is 40.6 Å². The van der Waals surface area contributed by atoms with Gasteiger partial charge >= 0.3 is 5.97 Å². The maximum atomic E-state index is 13.2. The van der Waals surface area contributed by atoms with E-state index in [-0.39, 0.29) is 6.42 Å². The highest BCUT2D eigenvalue weighted by Crippen LogP contribution is 2.45. The summed E-state index contributed by atoms with van der Waals surface area (Å²) in [5, 5.41) is 11.9. The normalized spacial score (nSPS) is 15.8. The lowest BCUT2D eigenvalue weighted by Crippen LogP contribution is -2.30. The summed E-state index contributed by atoms with van der Waals surface area (Å²) in [7, 11) is 4.62. The Morgan fingerprint density at radius 3 is 2.32 bits per heavy atom. The standard InChI is InChI=1S/C25H21N3O5S.C7H7NO2/c1-14-10-17(5-7-21(14)31-2)25(30)18(11-15-8-9-26-22(12-15)32-3)23(24(29)33-25)16-4-6-19-20(13-16)28-34-27-19;1-10-7-4-6(5-9)2-3-8-7/h4-10,12-13,30H,11H2,1-3H3;2-5H,1H3. The number of carbonyl (C=O) groups is 2. The van der Waals surface area contributed by atoms with Crippen LogP contribution in [-0.4, -0.2) is 57.4 Å². The second kappa shape index (κ2) is 13.0. The van der Waals surface area contributed by atoms with Gasteiger partial charge in [-0.2, -0.15) is 8.75 Å². The minimum Gasteiger partial charge on any atom is -0.496 e. The van der Waals surface area contributed by atoms with Crippen molar-refractivity contribution in [3.63, 3.8) is 0 Å². The minimum absolute atomic E-state index is 0.231. The summed E-state index contributed by atoms with van der Waals surface area (Å²) in [5.41, 5.74) is 5.33. The van der Waals surface area contributed by atoms with Gasteiger partial charge in [0.1, 0.15) is 23.1 Å². The van der Waals surface area contributed by atoms with Crippen molar-refractivity contribution in [2.75, 3.05) is 21.3 Å². The number of methoxy groups -OCH3 is 3. The van der Waals surface area contributed by atoms with E-state index >= 15 is 0 Å². The molecule has 1 aliphatic heterocycles. The molecule has 6 rings (SSSR count). The summed E-state index contributed by atoms with van der Waals surface area (Å²) in [6.45, 7) is 1.86. The van der Waals surface area contributed by atoms with Crippen LogP contribution in [0.1, 0.15) is 32.6 Å². The van der Waals surface area contributed by atoms with Crippen molar-refractivity contribution in [2.24, 2.45) is 0 Å². The van der Waals surface area contributed by atoms with Crippen LogP contribution in [0.2, 0.25) is 0 Å². The minimum atomic E-state index is -1.96. The maximum absolute atomic E-state index is 13.2. The average molecular weight is 613 g/mol. The van der Waals surface area contributed by atoms with Crippen LogP contribution in [0.3, 0.4) is 0 Å². The summed E-state index contributed by atoms with van der Waals surface area (Å²) in [5.74, 6) is -1.01. The molecule has 11 nitrogen and oxygen atoms in total. The van der Waals surface area contributed by atoms with Crippen LogP contribution in [0, 0.1) is 6.92 Å². The summed E-state index contributed by atoms with van der Waals surface area (Å²) >= 11 is 1.10. The molecule has 224 valence electrons. The van der Waals surface area contributed by atoms with Gasteiger partial charge < -0.3 is 24.1 Å². The molecular formula is C32H28N4O7S. The van der Waals surface area contributed by atoms with Gasteiger partial charge in [-0.1, -0.05) is 6.07 Å². The van der Waals surface area contributed by atoms with Gasteiger partial charge in [0.25, 0.3) is 5.79 Å². The van der Waals surface area contributed by atoms with Gasteiger partial charge in [0.15, 0.2) is 0 Å². The van der Waals surface area contributed by atoms with Crippen LogP contribution in [0.25, 0.3) is 16.6 Å². The lowest BCUT2D eigenvalue weighted by atomic mass is 9.87. The van der Waals surface area contributed by atoms with Gasteiger partial charge in [-0.25, -0.2) is 14.8 Å². The largest absolute Gasteiger partial charge is 0.496 e. The number of aromatic nitrogens is 4. The molecule has 5 aromatic rings. The molecule has 0 aliphatic carbocycles. The summed E-state index contributed by atoms with van der Waals surface area (Å²) < 4.78 is 29.6. The highest BCUT2D eigenvalue weighted by molar-refractivity contribution is 7.00. The first kappa shape index (κ1) is 30.3. The Bertz CT molecular complexity index is 1870. The second-order valence-corrected chi connectivity index (χ2v) is 10.2. The highest BCUT2D eigenvalue weighted by atomic mass is 32.1. The van der Waals surface area contributed by atoms with E-state index in [4.69, 9.17) is 18.9 Å². The first-order chi connectivity index (χ1) is 21.3. The first-order valence-corrected chi connectivity index (χ1v) is 14.0. The number of hydrogen-bond donors (Lipinski definition) is 1. The fourth-order valence-electron chi connectivity index (χ4n) is 4.79. The van der Waals surface area contributed by atoms with E-state index in [1.807, 2.05) is 13.0 Å². The zero-order valence-electron chi connectivity index (χ0n) is 24.3. The van der Waals surface area contributed by atoms with Gasteiger partial charge in [-0.3, -0.25) is 4.79 Å². The van der Waals surface area contributed by atoms with Crippen LogP contribution in [0.4, 0.5) is 0 Å². The fraction of sp³-hybridized carbons (Fsp3) is 0.188. The van der Waals surface area contributed by atoms with Crippen molar-refractivity contribution in [2.45, 2.75) is 19.1 Å². The molecule has 44 heavy (non-hydrogen) atoms. The molecule has 1 atom stereocenters. The zero-order valence-corrected chi connectivity index (χ0v) is 25.1. The average Bonchev–Trinajstić information content (AvgIpc) is 3.62. The van der Waals surface area contributed by atoms with Crippen LogP contribution in [0.15, 0.2) is 78.6 Å². The number of carbonyl (C=O) groups excluding carboxylic acids is 2. The predicted octanol–water partition coefficient (Wildman–Crippen LogP) is 4.71. The molecule has 1 N–H and O–H groups in total. The van der Waals surface area contributed by atoms with Crippen molar-refractivity contribution in [1.29, 1.82) is 0 Å². The molecule has 1 unspecified atom stereocenters. The number of ether oxygens (including phenoxy) is 4. The third-order valence-corrected chi connectivity index (χ3v) is 7.53. The Hall–Kier alpha value is -5.20. The number of aryl methyl sites for hydroxylation is 1. The predicted molar refractivity (Wildman–Crippen MR) is 163 cm³/mol. The fourth-order valence-corrected chi connectivity index (χ4v) is 5.30. The number of aliphatic hydroxyl groups is 1. The molecule has 12 heteroatoms. The molecule has 0 bridgehead atoms. The van der Waals surface area contributed by atoms with Crippen LogP contribution < -0.4 is 14.2 Å². The Labute approximate surface area is 257 Å². The van der Waals surface area contributed by atoms with E-state index < -0.39 is 11.8 Å². The molecule has 2 aromatic carbocycles. The first-order valence-electron chi connectivity index (χ1n) is 13.3. The highest BCUT2D eigenvalue weighted by Gasteiger charge is 2.48. The maximum Gasteiger partial charge on any atom is 0.342 e. The van der Waals surface area contributed by atoms with Crippen molar-refractivity contribution in [3.05, 3.63) is 106 Å². The lowest BCUT2D eigenvalue weighted by molar-refractivity contribution is -0.185. The zero-order chi connectivity index (χ0) is 31.3. The van der Waals surface area contributed by atoms with E-state index in [0.29, 0.717) is 50.9 Å². The molecule has 0 radical (unpaired) electrons. The number of pyridine rings is 2. The quantitative estimate of drug-likeness (QED) is 0.192. The van der Waals surface area contributed by atoms with Gasteiger partial charge in [-0.15, -0.1) is 0 Å². The number of nitrogens with zero attached hydrogens (tertiary/aromatic N) is 4. The van der Waals surface area contributed by atoms with Crippen molar-refractivity contribution in [1.82, 2.24) is 18.7 Å². The van der Waals surface area contributed by atoms with E-state index in [1.165, 1.54) is 20.4 Å². The van der Waals surface area contributed by atoms with Crippen molar-refractivity contribution in [3.8, 4) is 17.5 Å². The molecule has 0 saturated carbocycles. The number of fused-ring (bicyclic) bond motifs is 1. The number of cyclic esters (lactones) is 1. The van der Waals surface area contributed by atoms with E-state index in [2.05, 4.69) is 18.7 Å². The molecule has 1 aliphatic rings. The van der Waals surface area contributed by atoms with E-state index in [9.17, 15) is 14.7 Å². The monoisotopic (exact) mass is 612 g/mol. The number of esters is 1. The SMILES string of the molecule is COc1cc(C=O)ccn1.COc1cc(CC2=C(c3ccc4nsnc4c3)C(=O)OC2(O)c2ccc(OC)c(C)c2)ccn1. The van der Waals surface area contributed by atoms with E-state index in [0.717, 1.165) is 34.7 Å². The third kappa shape index (κ3) is 6.12. The number of aldehydes is 1. The molecule has 0 spiro atoms. The summed E-state index contributed by atoms with van der Waals surface area (Å²) in [4.78, 5) is 31.4. The summed E-state index contributed by atoms with van der Waals surface area (Å²) in [6, 6.07) is 17.3. The topological polar surface area (TPSA) is 143 Å². The molecule has 4 heterocycles. The Morgan fingerprint density at radius 2 is 1.61 bits per heavy atom. The molecule has 0 saturated heterocycles. The van der Waals surface area contributed by atoms with E-state index in [1.54, 1.807) is 67.9 Å². The van der Waals surface area contributed by atoms with Crippen LogP contribution in [0.5, 0.6) is 17.5 Å². The Kier molecular flexibility index (Phi) is 8.93. The number of rotatable bonds is 8. The number of benzene rings is 2.